The van der Waals surface area contributed by atoms with Crippen molar-refractivity contribution in [3.63, 3.8) is 0 Å². The van der Waals surface area contributed by atoms with Crippen molar-refractivity contribution in [3.8, 4) is 5.88 Å². The smallest absolute Gasteiger partial charge is 0.481 e. The SMILES string of the molecule is COc1cc(N2CC[C@]3(CCC[C@H](CNS(C)(=O)=O)O3)C2)ncn1.O=C(O)C(F)(F)F. The van der Waals surface area contributed by atoms with Crippen LogP contribution in [0, 0.1) is 0 Å². The van der Waals surface area contributed by atoms with Crippen molar-refractivity contribution < 1.29 is 41.0 Å². The first-order chi connectivity index (χ1) is 14.3. The topological polar surface area (TPSA) is 131 Å². The highest BCUT2D eigenvalue weighted by Gasteiger charge is 2.43. The first-order valence-electron chi connectivity index (χ1n) is 9.37. The molecule has 3 heterocycles. The maximum atomic E-state index is 11.3. The lowest BCUT2D eigenvalue weighted by atomic mass is 9.90. The van der Waals surface area contributed by atoms with Gasteiger partial charge in [-0.25, -0.2) is 27.9 Å². The molecule has 0 amide bonds. The number of aliphatic carboxylic acids is 1. The van der Waals surface area contributed by atoms with Gasteiger partial charge in [-0.05, 0) is 25.7 Å². The van der Waals surface area contributed by atoms with Crippen molar-refractivity contribution in [2.75, 3.05) is 37.9 Å². The van der Waals surface area contributed by atoms with Crippen molar-refractivity contribution in [3.05, 3.63) is 12.4 Å². The third-order valence-corrected chi connectivity index (χ3v) is 5.56. The van der Waals surface area contributed by atoms with Crippen LogP contribution in [0.2, 0.25) is 0 Å². The number of carboxylic acids is 1. The zero-order valence-electron chi connectivity index (χ0n) is 17.1. The zero-order valence-corrected chi connectivity index (χ0v) is 17.9. The summed E-state index contributed by atoms with van der Waals surface area (Å²) in [5.41, 5.74) is -0.222. The van der Waals surface area contributed by atoms with Gasteiger partial charge < -0.3 is 19.5 Å². The summed E-state index contributed by atoms with van der Waals surface area (Å²) in [6.07, 6.45) is 1.33. The van der Waals surface area contributed by atoms with E-state index < -0.39 is 22.2 Å². The summed E-state index contributed by atoms with van der Waals surface area (Å²) in [6.45, 7) is 1.94. The summed E-state index contributed by atoms with van der Waals surface area (Å²) in [4.78, 5) is 19.4. The number of methoxy groups -OCH3 is 1. The quantitative estimate of drug-likeness (QED) is 0.651. The Labute approximate surface area is 177 Å². The van der Waals surface area contributed by atoms with E-state index in [1.165, 1.54) is 12.6 Å². The second-order valence-electron chi connectivity index (χ2n) is 7.33. The molecule has 10 nitrogen and oxygen atoms in total. The van der Waals surface area contributed by atoms with Crippen molar-refractivity contribution in [1.82, 2.24) is 14.7 Å². The van der Waals surface area contributed by atoms with Gasteiger partial charge in [0.05, 0.1) is 25.1 Å². The van der Waals surface area contributed by atoms with Gasteiger partial charge in [0.25, 0.3) is 0 Å². The average molecular weight is 470 g/mol. The molecule has 0 bridgehead atoms. The molecule has 0 unspecified atom stereocenters. The monoisotopic (exact) mass is 470 g/mol. The van der Waals surface area contributed by atoms with E-state index in [2.05, 4.69) is 19.6 Å². The minimum atomic E-state index is -5.08. The fraction of sp³-hybridized carbons (Fsp3) is 0.706. The van der Waals surface area contributed by atoms with Crippen LogP contribution in [0.5, 0.6) is 5.88 Å². The van der Waals surface area contributed by atoms with Crippen molar-refractivity contribution in [2.45, 2.75) is 43.6 Å². The van der Waals surface area contributed by atoms with Crippen LogP contribution in [-0.4, -0.2) is 80.3 Å². The Balaban J connectivity index is 0.000000423. The molecule has 1 spiro atoms. The number of aromatic nitrogens is 2. The van der Waals surface area contributed by atoms with Crippen LogP contribution in [-0.2, 0) is 19.6 Å². The van der Waals surface area contributed by atoms with E-state index in [1.54, 1.807) is 7.11 Å². The molecule has 0 radical (unpaired) electrons. The third-order valence-electron chi connectivity index (χ3n) is 4.87. The van der Waals surface area contributed by atoms with Crippen LogP contribution in [0.25, 0.3) is 0 Å². The number of hydrogen-bond acceptors (Lipinski definition) is 8. The standard InChI is InChI=1S/C15H24N4O4S.C2HF3O2/c1-22-14-8-13(16-11-17-14)19-7-6-15(10-19)5-3-4-12(23-15)9-18-24(2,20)21;3-2(4,5)1(6)7/h8,11-12,18H,3-7,9-10H2,1-2H3;(H,6,7)/t12-,15-;/m1./s1. The summed E-state index contributed by atoms with van der Waals surface area (Å²) in [7, 11) is -1.61. The predicted molar refractivity (Wildman–Crippen MR) is 103 cm³/mol. The summed E-state index contributed by atoms with van der Waals surface area (Å²) < 4.78 is 68.3. The van der Waals surface area contributed by atoms with E-state index in [1.807, 2.05) is 6.07 Å². The molecule has 2 aliphatic heterocycles. The molecule has 176 valence electrons. The van der Waals surface area contributed by atoms with E-state index in [4.69, 9.17) is 19.4 Å². The summed E-state index contributed by atoms with van der Waals surface area (Å²) in [5.74, 6) is -1.38. The Bertz CT molecular complexity index is 870. The number of alkyl halides is 3. The lowest BCUT2D eigenvalue weighted by Gasteiger charge is -2.38. The Hall–Kier alpha value is -2.19. The Morgan fingerprint density at radius 1 is 1.42 bits per heavy atom. The van der Waals surface area contributed by atoms with E-state index in [0.29, 0.717) is 12.4 Å². The predicted octanol–water partition coefficient (Wildman–Crippen LogP) is 1.19. The first kappa shape index (κ1) is 25.1. The average Bonchev–Trinajstić information content (AvgIpc) is 3.09. The molecule has 0 saturated carbocycles. The lowest BCUT2D eigenvalue weighted by molar-refractivity contribution is -0.192. The second-order valence-corrected chi connectivity index (χ2v) is 9.16. The normalized spacial score (nSPS) is 23.9. The fourth-order valence-electron chi connectivity index (χ4n) is 3.47. The molecule has 1 aromatic heterocycles. The molecule has 2 aliphatic rings. The van der Waals surface area contributed by atoms with Gasteiger partial charge in [-0.2, -0.15) is 13.2 Å². The number of halogens is 3. The third kappa shape index (κ3) is 7.78. The van der Waals surface area contributed by atoms with Gasteiger partial charge in [-0.1, -0.05) is 0 Å². The zero-order chi connectivity index (χ0) is 23.3. The van der Waals surface area contributed by atoms with Crippen molar-refractivity contribution >= 4 is 21.8 Å². The Morgan fingerprint density at radius 3 is 2.68 bits per heavy atom. The van der Waals surface area contributed by atoms with Gasteiger partial charge in [0.15, 0.2) is 0 Å². The largest absolute Gasteiger partial charge is 0.490 e. The summed E-state index contributed by atoms with van der Waals surface area (Å²) >= 11 is 0. The van der Waals surface area contributed by atoms with Gasteiger partial charge >= 0.3 is 12.1 Å². The van der Waals surface area contributed by atoms with Gasteiger partial charge in [0.2, 0.25) is 15.9 Å². The summed E-state index contributed by atoms with van der Waals surface area (Å²) in [6, 6.07) is 1.82. The number of rotatable bonds is 5. The molecule has 0 aliphatic carbocycles. The number of nitrogens with zero attached hydrogens (tertiary/aromatic N) is 3. The van der Waals surface area contributed by atoms with Crippen LogP contribution in [0.15, 0.2) is 12.4 Å². The van der Waals surface area contributed by atoms with Crippen LogP contribution >= 0.6 is 0 Å². The van der Waals surface area contributed by atoms with Crippen LogP contribution in [0.4, 0.5) is 19.0 Å². The number of nitrogens with one attached hydrogen (secondary N) is 1. The number of carbonyl (C=O) groups is 1. The first-order valence-corrected chi connectivity index (χ1v) is 11.3. The van der Waals surface area contributed by atoms with Crippen molar-refractivity contribution in [2.24, 2.45) is 0 Å². The molecule has 2 saturated heterocycles. The fourth-order valence-corrected chi connectivity index (χ4v) is 3.95. The molecule has 0 aromatic carbocycles. The molecule has 1 aromatic rings. The maximum Gasteiger partial charge on any atom is 0.490 e. The highest BCUT2D eigenvalue weighted by atomic mass is 32.2. The number of ether oxygens (including phenoxy) is 2. The second kappa shape index (κ2) is 9.96. The van der Waals surface area contributed by atoms with Crippen LogP contribution in [0.3, 0.4) is 0 Å². The van der Waals surface area contributed by atoms with Crippen LogP contribution in [0.1, 0.15) is 25.7 Å². The van der Waals surface area contributed by atoms with Gasteiger partial charge in [-0.15, -0.1) is 0 Å². The Morgan fingerprint density at radius 2 is 2.10 bits per heavy atom. The van der Waals surface area contributed by atoms with E-state index in [-0.39, 0.29) is 11.7 Å². The minimum absolute atomic E-state index is 0.0756. The maximum absolute atomic E-state index is 11.3. The number of anilines is 1. The van der Waals surface area contributed by atoms with Gasteiger partial charge in [0.1, 0.15) is 12.1 Å². The molecule has 2 atom stereocenters. The van der Waals surface area contributed by atoms with Crippen LogP contribution < -0.4 is 14.4 Å². The molecule has 2 fully saturated rings. The van der Waals surface area contributed by atoms with E-state index in [0.717, 1.165) is 44.6 Å². The highest BCUT2D eigenvalue weighted by molar-refractivity contribution is 7.88. The Kier molecular flexibility index (Phi) is 8.05. The molecular weight excluding hydrogens is 445 g/mol. The summed E-state index contributed by atoms with van der Waals surface area (Å²) in [5, 5.41) is 7.12. The number of hydrogen-bond donors (Lipinski definition) is 2. The minimum Gasteiger partial charge on any atom is -0.481 e. The van der Waals surface area contributed by atoms with E-state index >= 15 is 0 Å². The number of carboxylic acid groups (broad SMARTS) is 1. The molecule has 14 heteroatoms. The molecule has 2 N–H and O–H groups in total. The molecule has 31 heavy (non-hydrogen) atoms. The highest BCUT2D eigenvalue weighted by Crippen LogP contribution is 2.38. The molecule has 3 rings (SSSR count). The van der Waals surface area contributed by atoms with E-state index in [9.17, 15) is 21.6 Å². The number of sulfonamides is 1. The van der Waals surface area contributed by atoms with Gasteiger partial charge in [0, 0.05) is 25.7 Å². The lowest BCUT2D eigenvalue weighted by Crippen LogP contribution is -2.46. The molecular formula is C17H25F3N4O6S. The van der Waals surface area contributed by atoms with Crippen molar-refractivity contribution in [1.29, 1.82) is 0 Å². The van der Waals surface area contributed by atoms with Gasteiger partial charge in [-0.3, -0.25) is 0 Å².